The molecule has 0 heterocycles. The van der Waals surface area contributed by atoms with Gasteiger partial charge in [-0.25, -0.2) is 4.79 Å². The van der Waals surface area contributed by atoms with Gasteiger partial charge in [0.05, 0.1) is 6.04 Å². The molecule has 0 unspecified atom stereocenters. The molecule has 0 rings (SSSR count). The first-order valence-electron chi connectivity index (χ1n) is 9.02. The third-order valence-corrected chi connectivity index (χ3v) is 4.52. The smallest absolute Gasteiger partial charge is 0.327 e. The van der Waals surface area contributed by atoms with Crippen molar-refractivity contribution in [2.75, 3.05) is 32.1 Å². The van der Waals surface area contributed by atoms with Crippen LogP contribution in [-0.2, 0) is 24.0 Å². The van der Waals surface area contributed by atoms with E-state index in [1.54, 1.807) is 13.3 Å². The van der Waals surface area contributed by atoms with E-state index in [0.29, 0.717) is 0 Å². The number of nitrogens with two attached hydrogens (primary N) is 2. The second-order valence-corrected chi connectivity index (χ2v) is 7.22. The Balaban J connectivity index is 5.21. The predicted molar refractivity (Wildman–Crippen MR) is 110 cm³/mol. The third kappa shape index (κ3) is 10.4. The van der Waals surface area contributed by atoms with Gasteiger partial charge in [0.1, 0.15) is 18.1 Å². The Morgan fingerprint density at radius 1 is 0.933 bits per heavy atom. The van der Waals surface area contributed by atoms with Gasteiger partial charge in [0, 0.05) is 25.3 Å². The van der Waals surface area contributed by atoms with Crippen molar-refractivity contribution in [1.82, 2.24) is 21.3 Å². The number of likely N-dealkylation sites (N-methyl/N-ethyl adjacent to an activating group) is 1. The highest BCUT2D eigenvalue weighted by Gasteiger charge is 2.29. The Bertz CT molecular complexity index is 621. The number of hydrogen-bond donors (Lipinski definition) is 8. The van der Waals surface area contributed by atoms with Crippen molar-refractivity contribution in [3.63, 3.8) is 0 Å². The fourth-order valence-electron chi connectivity index (χ4n) is 2.25. The molecule has 30 heavy (non-hydrogen) atoms. The van der Waals surface area contributed by atoms with Crippen molar-refractivity contribution in [1.29, 1.82) is 0 Å². The Morgan fingerprint density at radius 3 is 1.93 bits per heavy atom. The molecule has 0 aromatic rings. The molecule has 10 N–H and O–H groups in total. The lowest BCUT2D eigenvalue weighted by Gasteiger charge is -2.24. The minimum Gasteiger partial charge on any atom is -0.481 e. The monoisotopic (exact) mass is 450 g/mol. The lowest BCUT2D eigenvalue weighted by atomic mass is 10.1. The molecule has 0 saturated carbocycles. The number of carbonyl (C=O) groups is 5. The number of aliphatic carboxylic acids is 2. The van der Waals surface area contributed by atoms with Gasteiger partial charge < -0.3 is 42.9 Å². The van der Waals surface area contributed by atoms with E-state index in [-0.39, 0.29) is 25.3 Å². The molecule has 0 aliphatic carbocycles. The molecule has 4 atom stereocenters. The lowest BCUT2D eigenvalue weighted by molar-refractivity contribution is -0.141. The number of nitrogens with one attached hydrogen (secondary N) is 4. The van der Waals surface area contributed by atoms with Crippen LogP contribution in [0.5, 0.6) is 0 Å². The minimum absolute atomic E-state index is 0.104. The zero-order valence-corrected chi connectivity index (χ0v) is 17.7. The van der Waals surface area contributed by atoms with Crippen molar-refractivity contribution >= 4 is 41.4 Å². The number of rotatable bonds is 15. The fourth-order valence-corrected chi connectivity index (χ4v) is 2.80. The SMILES string of the molecule is CNC[C@H](N)C(=O)N[C@@H](CCC(=O)O)C(=O)N[C@@H](CN)C(=O)N[C@H](CSC)C(=O)O. The van der Waals surface area contributed by atoms with Crippen molar-refractivity contribution < 1.29 is 34.2 Å². The van der Waals surface area contributed by atoms with Crippen LogP contribution in [0.3, 0.4) is 0 Å². The van der Waals surface area contributed by atoms with Gasteiger partial charge in [-0.05, 0) is 19.7 Å². The molecule has 0 aliphatic heterocycles. The van der Waals surface area contributed by atoms with E-state index in [0.717, 1.165) is 0 Å². The van der Waals surface area contributed by atoms with E-state index in [1.807, 2.05) is 0 Å². The van der Waals surface area contributed by atoms with Gasteiger partial charge in [-0.1, -0.05) is 0 Å². The largest absolute Gasteiger partial charge is 0.481 e. The Kier molecular flexibility index (Phi) is 13.4. The summed E-state index contributed by atoms with van der Waals surface area (Å²) in [5.74, 6) is -4.67. The molecule has 0 bridgehead atoms. The van der Waals surface area contributed by atoms with Crippen LogP contribution in [0.25, 0.3) is 0 Å². The van der Waals surface area contributed by atoms with Crippen LogP contribution in [0, 0.1) is 0 Å². The summed E-state index contributed by atoms with van der Waals surface area (Å²) in [7, 11) is 1.58. The average Bonchev–Trinajstić information content (AvgIpc) is 2.68. The summed E-state index contributed by atoms with van der Waals surface area (Å²) in [6.45, 7) is -0.221. The van der Waals surface area contributed by atoms with Gasteiger partial charge in [0.25, 0.3) is 0 Å². The van der Waals surface area contributed by atoms with Crippen molar-refractivity contribution in [2.45, 2.75) is 37.0 Å². The summed E-state index contributed by atoms with van der Waals surface area (Å²) >= 11 is 1.21. The Labute approximate surface area is 178 Å². The van der Waals surface area contributed by atoms with Crippen LogP contribution >= 0.6 is 11.8 Å². The van der Waals surface area contributed by atoms with E-state index in [1.165, 1.54) is 11.8 Å². The normalized spacial score (nSPS) is 14.7. The van der Waals surface area contributed by atoms with Crippen LogP contribution < -0.4 is 32.7 Å². The number of amides is 3. The number of carboxylic acids is 2. The summed E-state index contributed by atoms with van der Waals surface area (Å²) in [4.78, 5) is 59.0. The summed E-state index contributed by atoms with van der Waals surface area (Å²) in [5.41, 5.74) is 11.2. The minimum atomic E-state index is -1.28. The number of thioether (sulfide) groups is 1. The molecule has 0 aliphatic rings. The van der Waals surface area contributed by atoms with E-state index in [2.05, 4.69) is 21.3 Å². The molecule has 14 heteroatoms. The van der Waals surface area contributed by atoms with Crippen LogP contribution in [0.4, 0.5) is 0 Å². The summed E-state index contributed by atoms with van der Waals surface area (Å²) in [5, 5.41) is 27.6. The molecule has 172 valence electrons. The maximum atomic E-state index is 12.6. The van der Waals surface area contributed by atoms with Crippen LogP contribution in [-0.4, -0.2) is 96.2 Å². The van der Waals surface area contributed by atoms with Gasteiger partial charge in [-0.15, -0.1) is 0 Å². The van der Waals surface area contributed by atoms with Crippen LogP contribution in [0.2, 0.25) is 0 Å². The maximum Gasteiger partial charge on any atom is 0.327 e. The molecule has 0 aromatic carbocycles. The Hall–Kier alpha value is -2.42. The summed E-state index contributed by atoms with van der Waals surface area (Å²) in [6, 6.07) is -4.72. The summed E-state index contributed by atoms with van der Waals surface area (Å²) < 4.78 is 0. The second kappa shape index (κ2) is 14.5. The van der Waals surface area contributed by atoms with Crippen molar-refractivity contribution in [3.8, 4) is 0 Å². The number of carbonyl (C=O) groups excluding carboxylic acids is 3. The predicted octanol–water partition coefficient (Wildman–Crippen LogP) is -3.74. The molecule has 0 saturated heterocycles. The first-order chi connectivity index (χ1) is 14.1. The highest BCUT2D eigenvalue weighted by atomic mass is 32.2. The van der Waals surface area contributed by atoms with Crippen molar-refractivity contribution in [2.24, 2.45) is 11.5 Å². The quantitative estimate of drug-likeness (QED) is 0.121. The number of hydrogen-bond acceptors (Lipinski definition) is 9. The first-order valence-corrected chi connectivity index (χ1v) is 10.4. The molecule has 0 fully saturated rings. The van der Waals surface area contributed by atoms with Crippen LogP contribution in [0.15, 0.2) is 0 Å². The summed E-state index contributed by atoms with van der Waals surface area (Å²) in [6.07, 6.45) is 0.995. The van der Waals surface area contributed by atoms with Crippen LogP contribution in [0.1, 0.15) is 12.8 Å². The molecule has 13 nitrogen and oxygen atoms in total. The standard InChI is InChI=1S/C16H30N6O7S/c1-19-6-8(18)13(25)20-9(3-4-12(23)24)14(26)21-10(5-17)15(27)22-11(7-30-2)16(28)29/h8-11,19H,3-7,17-18H2,1-2H3,(H,20,25)(H,21,26)(H,22,27)(H,23,24)(H,28,29)/t8-,9-,10-,11+/m0/s1. The highest BCUT2D eigenvalue weighted by molar-refractivity contribution is 7.98. The van der Waals surface area contributed by atoms with E-state index in [9.17, 15) is 24.0 Å². The first kappa shape index (κ1) is 27.6. The molecule has 3 amide bonds. The average molecular weight is 451 g/mol. The Morgan fingerprint density at radius 2 is 1.47 bits per heavy atom. The zero-order valence-electron chi connectivity index (χ0n) is 16.8. The molecular weight excluding hydrogens is 420 g/mol. The van der Waals surface area contributed by atoms with Gasteiger partial charge in [-0.3, -0.25) is 19.2 Å². The second-order valence-electron chi connectivity index (χ2n) is 6.31. The maximum absolute atomic E-state index is 12.6. The van der Waals surface area contributed by atoms with Gasteiger partial charge in [0.2, 0.25) is 17.7 Å². The molecule has 0 spiro atoms. The lowest BCUT2D eigenvalue weighted by Crippen LogP contribution is -2.59. The molecule has 0 radical (unpaired) electrons. The van der Waals surface area contributed by atoms with E-state index >= 15 is 0 Å². The van der Waals surface area contributed by atoms with Gasteiger partial charge in [0.15, 0.2) is 0 Å². The third-order valence-electron chi connectivity index (χ3n) is 3.86. The van der Waals surface area contributed by atoms with E-state index in [4.69, 9.17) is 21.7 Å². The van der Waals surface area contributed by atoms with Gasteiger partial charge >= 0.3 is 11.9 Å². The number of carboxylic acid groups (broad SMARTS) is 2. The molecular formula is C16H30N6O7S. The topological polar surface area (TPSA) is 226 Å². The zero-order chi connectivity index (χ0) is 23.3. The highest BCUT2D eigenvalue weighted by Crippen LogP contribution is 2.02. The van der Waals surface area contributed by atoms with Gasteiger partial charge in [-0.2, -0.15) is 11.8 Å². The van der Waals surface area contributed by atoms with E-state index < -0.39 is 60.2 Å². The molecule has 0 aromatic heterocycles. The fraction of sp³-hybridized carbons (Fsp3) is 0.688. The van der Waals surface area contributed by atoms with Crippen molar-refractivity contribution in [3.05, 3.63) is 0 Å².